The van der Waals surface area contributed by atoms with E-state index in [1.807, 2.05) is 0 Å². The van der Waals surface area contributed by atoms with Crippen LogP contribution in [-0.4, -0.2) is 18.2 Å². The molecule has 1 rings (SSSR count). The molecule has 2 atom stereocenters. The van der Waals surface area contributed by atoms with Crippen molar-refractivity contribution < 1.29 is 22.7 Å². The van der Waals surface area contributed by atoms with Crippen LogP contribution in [0.5, 0.6) is 0 Å². The topological polar surface area (TPSA) is 52.3 Å². The number of carbonyl (C=O) groups is 1. The lowest BCUT2D eigenvalue weighted by atomic mass is 10.0. The number of halogens is 3. The molecule has 100 valence electrons. The van der Waals surface area contributed by atoms with Crippen molar-refractivity contribution in [3.8, 4) is 0 Å². The van der Waals surface area contributed by atoms with Crippen LogP contribution in [0.25, 0.3) is 0 Å². The lowest BCUT2D eigenvalue weighted by molar-refractivity contribution is -0.185. The molecule has 0 aromatic heterocycles. The Kier molecular flexibility index (Phi) is 4.72. The molecule has 18 heavy (non-hydrogen) atoms. The van der Waals surface area contributed by atoms with E-state index in [4.69, 9.17) is 10.5 Å². The summed E-state index contributed by atoms with van der Waals surface area (Å²) >= 11 is 0. The van der Waals surface area contributed by atoms with Crippen molar-refractivity contribution in [2.24, 2.45) is 11.7 Å². The fraction of sp³-hybridized carbons (Fsp3) is 0.417. The Morgan fingerprint density at radius 1 is 1.33 bits per heavy atom. The average molecular weight is 261 g/mol. The van der Waals surface area contributed by atoms with Crippen LogP contribution >= 0.6 is 0 Å². The van der Waals surface area contributed by atoms with Crippen LogP contribution in [-0.2, 0) is 16.1 Å². The molecule has 2 N–H and O–H groups in total. The fourth-order valence-electron chi connectivity index (χ4n) is 1.23. The van der Waals surface area contributed by atoms with Gasteiger partial charge < -0.3 is 10.5 Å². The molecule has 1 aromatic rings. The summed E-state index contributed by atoms with van der Waals surface area (Å²) in [4.78, 5) is 11.4. The first kappa shape index (κ1) is 14.5. The van der Waals surface area contributed by atoms with Crippen molar-refractivity contribution in [2.45, 2.75) is 25.7 Å². The molecular formula is C12H14F3NO2. The molecule has 0 amide bonds. The summed E-state index contributed by atoms with van der Waals surface area (Å²) in [6.45, 7) is 0.770. The number of esters is 1. The molecule has 0 heterocycles. The van der Waals surface area contributed by atoms with E-state index in [2.05, 4.69) is 0 Å². The van der Waals surface area contributed by atoms with Gasteiger partial charge in [0, 0.05) is 0 Å². The zero-order chi connectivity index (χ0) is 13.8. The molecule has 0 spiro atoms. The highest BCUT2D eigenvalue weighted by Gasteiger charge is 2.43. The Bertz CT molecular complexity index is 392. The lowest BCUT2D eigenvalue weighted by Crippen LogP contribution is -2.44. The maximum Gasteiger partial charge on any atom is 0.393 e. The van der Waals surface area contributed by atoms with Gasteiger partial charge in [-0.3, -0.25) is 4.79 Å². The summed E-state index contributed by atoms with van der Waals surface area (Å²) in [5.74, 6) is -2.98. The van der Waals surface area contributed by atoms with Crippen molar-refractivity contribution in [1.29, 1.82) is 0 Å². The largest absolute Gasteiger partial charge is 0.460 e. The molecule has 0 saturated heterocycles. The number of alkyl halides is 3. The molecule has 0 aliphatic rings. The van der Waals surface area contributed by atoms with Crippen LogP contribution < -0.4 is 5.73 Å². The molecule has 0 saturated carbocycles. The van der Waals surface area contributed by atoms with E-state index in [0.717, 1.165) is 6.92 Å². The van der Waals surface area contributed by atoms with Gasteiger partial charge in [0.25, 0.3) is 0 Å². The number of rotatable bonds is 4. The number of ether oxygens (including phenoxy) is 1. The van der Waals surface area contributed by atoms with Gasteiger partial charge >= 0.3 is 12.1 Å². The third kappa shape index (κ3) is 4.03. The van der Waals surface area contributed by atoms with Crippen LogP contribution in [0.4, 0.5) is 13.2 Å². The second kappa shape index (κ2) is 5.86. The molecular weight excluding hydrogens is 247 g/mol. The predicted octanol–water partition coefficient (Wildman–Crippen LogP) is 2.26. The van der Waals surface area contributed by atoms with E-state index in [1.54, 1.807) is 30.3 Å². The lowest BCUT2D eigenvalue weighted by Gasteiger charge is -2.21. The van der Waals surface area contributed by atoms with E-state index in [1.165, 1.54) is 0 Å². The Morgan fingerprint density at radius 3 is 2.39 bits per heavy atom. The minimum absolute atomic E-state index is 0.0854. The first-order valence-corrected chi connectivity index (χ1v) is 5.35. The standard InChI is InChI=1S/C12H14F3NO2/c1-8(12(13,14)15)10(16)11(17)18-7-9-5-3-2-4-6-9/h2-6,8,10H,7,16H2,1H3. The zero-order valence-corrected chi connectivity index (χ0v) is 9.78. The van der Waals surface area contributed by atoms with Crippen LogP contribution in [0, 0.1) is 5.92 Å². The van der Waals surface area contributed by atoms with Crippen LogP contribution in [0.15, 0.2) is 30.3 Å². The normalized spacial score (nSPS) is 14.9. The summed E-state index contributed by atoms with van der Waals surface area (Å²) in [6, 6.07) is 6.96. The third-order valence-electron chi connectivity index (χ3n) is 2.55. The van der Waals surface area contributed by atoms with Crippen molar-refractivity contribution in [3.63, 3.8) is 0 Å². The molecule has 2 unspecified atom stereocenters. The van der Waals surface area contributed by atoms with Gasteiger partial charge in [0.2, 0.25) is 0 Å². The maximum absolute atomic E-state index is 12.3. The van der Waals surface area contributed by atoms with Gasteiger partial charge in [0.1, 0.15) is 12.6 Å². The molecule has 0 aliphatic heterocycles. The minimum Gasteiger partial charge on any atom is -0.460 e. The molecule has 6 heteroatoms. The summed E-state index contributed by atoms with van der Waals surface area (Å²) in [5.41, 5.74) is 5.91. The van der Waals surface area contributed by atoms with Crippen molar-refractivity contribution in [1.82, 2.24) is 0 Å². The van der Waals surface area contributed by atoms with Gasteiger partial charge in [-0.1, -0.05) is 37.3 Å². The number of hydrogen-bond donors (Lipinski definition) is 1. The molecule has 0 fully saturated rings. The maximum atomic E-state index is 12.3. The molecule has 0 aliphatic carbocycles. The van der Waals surface area contributed by atoms with Crippen molar-refractivity contribution >= 4 is 5.97 Å². The van der Waals surface area contributed by atoms with E-state index >= 15 is 0 Å². The average Bonchev–Trinajstić information content (AvgIpc) is 2.34. The monoisotopic (exact) mass is 261 g/mol. The van der Waals surface area contributed by atoms with Crippen molar-refractivity contribution in [2.75, 3.05) is 0 Å². The molecule has 3 nitrogen and oxygen atoms in total. The first-order chi connectivity index (χ1) is 8.32. The highest BCUT2D eigenvalue weighted by Crippen LogP contribution is 2.28. The number of carbonyl (C=O) groups excluding carboxylic acids is 1. The molecule has 0 radical (unpaired) electrons. The van der Waals surface area contributed by atoms with Crippen LogP contribution in [0.1, 0.15) is 12.5 Å². The van der Waals surface area contributed by atoms with Gasteiger partial charge in [-0.25, -0.2) is 0 Å². The smallest absolute Gasteiger partial charge is 0.393 e. The van der Waals surface area contributed by atoms with Gasteiger partial charge in [-0.05, 0) is 5.56 Å². The van der Waals surface area contributed by atoms with E-state index in [0.29, 0.717) is 5.56 Å². The second-order valence-electron chi connectivity index (χ2n) is 3.95. The fourth-order valence-corrected chi connectivity index (χ4v) is 1.23. The van der Waals surface area contributed by atoms with E-state index < -0.39 is 24.1 Å². The quantitative estimate of drug-likeness (QED) is 0.846. The third-order valence-corrected chi connectivity index (χ3v) is 2.55. The summed E-state index contributed by atoms with van der Waals surface area (Å²) in [5, 5.41) is 0. The van der Waals surface area contributed by atoms with Gasteiger partial charge in [0.15, 0.2) is 0 Å². The number of hydrogen-bond acceptors (Lipinski definition) is 3. The Labute approximate surface area is 103 Å². The van der Waals surface area contributed by atoms with Crippen molar-refractivity contribution in [3.05, 3.63) is 35.9 Å². The summed E-state index contributed by atoms with van der Waals surface area (Å²) < 4.78 is 41.7. The predicted molar refractivity (Wildman–Crippen MR) is 59.4 cm³/mol. The molecule has 0 bridgehead atoms. The van der Waals surface area contributed by atoms with Gasteiger partial charge in [-0.2, -0.15) is 13.2 Å². The zero-order valence-electron chi connectivity index (χ0n) is 9.78. The number of benzene rings is 1. The first-order valence-electron chi connectivity index (χ1n) is 5.35. The SMILES string of the molecule is CC(C(N)C(=O)OCc1ccccc1)C(F)(F)F. The molecule has 1 aromatic carbocycles. The van der Waals surface area contributed by atoms with E-state index in [-0.39, 0.29) is 6.61 Å². The minimum atomic E-state index is -4.51. The Hall–Kier alpha value is -1.56. The second-order valence-corrected chi connectivity index (χ2v) is 3.95. The summed E-state index contributed by atoms with van der Waals surface area (Å²) in [7, 11) is 0. The van der Waals surface area contributed by atoms with Gasteiger partial charge in [0.05, 0.1) is 5.92 Å². The summed E-state index contributed by atoms with van der Waals surface area (Å²) in [6.07, 6.45) is -4.51. The van der Waals surface area contributed by atoms with Crippen LogP contribution in [0.3, 0.4) is 0 Å². The van der Waals surface area contributed by atoms with Crippen LogP contribution in [0.2, 0.25) is 0 Å². The Morgan fingerprint density at radius 2 is 1.89 bits per heavy atom. The van der Waals surface area contributed by atoms with Gasteiger partial charge in [-0.15, -0.1) is 0 Å². The number of nitrogens with two attached hydrogens (primary N) is 1. The van der Waals surface area contributed by atoms with E-state index in [9.17, 15) is 18.0 Å². The Balaban J connectivity index is 2.51. The highest BCUT2D eigenvalue weighted by atomic mass is 19.4. The highest BCUT2D eigenvalue weighted by molar-refractivity contribution is 5.75.